The lowest BCUT2D eigenvalue weighted by molar-refractivity contribution is 0.229. The molecule has 5 N–H and O–H groups in total. The van der Waals surface area contributed by atoms with Crippen molar-refractivity contribution < 1.29 is 9.50 Å². The molecule has 1 heterocycles. The second-order valence-corrected chi connectivity index (χ2v) is 4.76. The zero-order chi connectivity index (χ0) is 14.5. The molecule has 0 saturated carbocycles. The minimum Gasteiger partial charge on any atom is -0.398 e. The highest BCUT2D eigenvalue weighted by atomic mass is 19.1. The van der Waals surface area contributed by atoms with Crippen molar-refractivity contribution in [2.24, 2.45) is 11.7 Å². The molecule has 1 atom stereocenters. The third kappa shape index (κ3) is 3.12. The average molecular weight is 275 g/mol. The van der Waals surface area contributed by atoms with Crippen molar-refractivity contribution in [3.63, 3.8) is 0 Å². The standard InChI is InChI=1S/C15H18FN3O/c16-14-2-1-11(13-8-19-4-3-15(13)18)6-12(14)5-10(7-17)9-20/h1-4,6,8,10,20H,5,7,9,17H2,(H2,18,19). The van der Waals surface area contributed by atoms with Crippen molar-refractivity contribution in [3.05, 3.63) is 48.0 Å². The van der Waals surface area contributed by atoms with Gasteiger partial charge >= 0.3 is 0 Å². The van der Waals surface area contributed by atoms with Gasteiger partial charge in [-0.1, -0.05) is 6.07 Å². The number of hydrogen-bond acceptors (Lipinski definition) is 4. The molecule has 2 rings (SSSR count). The van der Waals surface area contributed by atoms with Gasteiger partial charge in [0.1, 0.15) is 5.82 Å². The van der Waals surface area contributed by atoms with Gasteiger partial charge in [0.25, 0.3) is 0 Å². The number of pyridine rings is 1. The van der Waals surface area contributed by atoms with E-state index in [1.54, 1.807) is 30.6 Å². The summed E-state index contributed by atoms with van der Waals surface area (Å²) in [5, 5.41) is 9.18. The number of nitrogens with zero attached hydrogens (tertiary/aromatic N) is 1. The van der Waals surface area contributed by atoms with Gasteiger partial charge in [-0.25, -0.2) is 4.39 Å². The highest BCUT2D eigenvalue weighted by Crippen LogP contribution is 2.27. The van der Waals surface area contributed by atoms with Gasteiger partial charge in [0, 0.05) is 30.3 Å². The summed E-state index contributed by atoms with van der Waals surface area (Å²) in [5.74, 6) is -0.450. The number of nitrogen functional groups attached to an aromatic ring is 1. The molecule has 0 amide bonds. The highest BCUT2D eigenvalue weighted by molar-refractivity contribution is 5.75. The quantitative estimate of drug-likeness (QED) is 0.773. The first kappa shape index (κ1) is 14.4. The van der Waals surface area contributed by atoms with Crippen LogP contribution < -0.4 is 11.5 Å². The number of anilines is 1. The highest BCUT2D eigenvalue weighted by Gasteiger charge is 2.12. The summed E-state index contributed by atoms with van der Waals surface area (Å²) in [6.07, 6.45) is 3.66. The molecule has 0 radical (unpaired) electrons. The van der Waals surface area contributed by atoms with Crippen LogP contribution in [0.2, 0.25) is 0 Å². The molecule has 0 aliphatic carbocycles. The maximum atomic E-state index is 13.8. The van der Waals surface area contributed by atoms with Crippen molar-refractivity contribution in [2.45, 2.75) is 6.42 Å². The predicted octanol–water partition coefficient (Wildman–Crippen LogP) is 1.58. The van der Waals surface area contributed by atoms with Crippen LogP contribution >= 0.6 is 0 Å². The predicted molar refractivity (Wildman–Crippen MR) is 77.4 cm³/mol. The van der Waals surface area contributed by atoms with E-state index < -0.39 is 0 Å². The largest absolute Gasteiger partial charge is 0.398 e. The molecule has 0 aliphatic rings. The summed E-state index contributed by atoms with van der Waals surface area (Å²) in [5.41, 5.74) is 14.1. The number of aliphatic hydroxyl groups is 1. The van der Waals surface area contributed by atoms with Crippen molar-refractivity contribution in [1.82, 2.24) is 4.98 Å². The average Bonchev–Trinajstić information content (AvgIpc) is 2.47. The molecule has 0 spiro atoms. The fraction of sp³-hybridized carbons (Fsp3) is 0.267. The molecule has 1 aromatic carbocycles. The van der Waals surface area contributed by atoms with E-state index >= 15 is 0 Å². The lowest BCUT2D eigenvalue weighted by atomic mass is 9.96. The Kier molecular flexibility index (Phi) is 4.65. The van der Waals surface area contributed by atoms with Gasteiger partial charge in [-0.3, -0.25) is 4.98 Å². The third-order valence-electron chi connectivity index (χ3n) is 3.31. The lowest BCUT2D eigenvalue weighted by Gasteiger charge is -2.13. The Morgan fingerprint density at radius 2 is 2.10 bits per heavy atom. The maximum Gasteiger partial charge on any atom is 0.126 e. The van der Waals surface area contributed by atoms with Gasteiger partial charge in [-0.05, 0) is 48.2 Å². The number of benzene rings is 1. The molecule has 5 heteroatoms. The molecule has 1 aromatic heterocycles. The summed E-state index contributed by atoms with van der Waals surface area (Å²) in [6.45, 7) is 0.254. The zero-order valence-electron chi connectivity index (χ0n) is 11.1. The van der Waals surface area contributed by atoms with Gasteiger partial charge in [0.05, 0.1) is 0 Å². The van der Waals surface area contributed by atoms with Crippen LogP contribution in [0.5, 0.6) is 0 Å². The molecule has 106 valence electrons. The molecule has 0 bridgehead atoms. The number of hydrogen-bond donors (Lipinski definition) is 3. The van der Waals surface area contributed by atoms with Crippen LogP contribution in [0, 0.1) is 11.7 Å². The Bertz CT molecular complexity index is 585. The van der Waals surface area contributed by atoms with Gasteiger partial charge in [0.2, 0.25) is 0 Å². The fourth-order valence-electron chi connectivity index (χ4n) is 2.08. The van der Waals surface area contributed by atoms with Crippen LogP contribution in [0.4, 0.5) is 10.1 Å². The summed E-state index contributed by atoms with van der Waals surface area (Å²) >= 11 is 0. The Balaban J connectivity index is 2.36. The van der Waals surface area contributed by atoms with E-state index in [1.807, 2.05) is 0 Å². The molecule has 20 heavy (non-hydrogen) atoms. The van der Waals surface area contributed by atoms with Crippen LogP contribution in [0.1, 0.15) is 5.56 Å². The van der Waals surface area contributed by atoms with E-state index in [0.29, 0.717) is 24.2 Å². The molecular formula is C15H18FN3O. The number of halogens is 1. The third-order valence-corrected chi connectivity index (χ3v) is 3.31. The van der Waals surface area contributed by atoms with E-state index in [2.05, 4.69) is 4.98 Å². The molecule has 1 unspecified atom stereocenters. The molecule has 4 nitrogen and oxygen atoms in total. The minimum atomic E-state index is -0.303. The van der Waals surface area contributed by atoms with Crippen LogP contribution in [0.25, 0.3) is 11.1 Å². The second-order valence-electron chi connectivity index (χ2n) is 4.76. The second kappa shape index (κ2) is 6.45. The normalized spacial score (nSPS) is 12.3. The molecule has 2 aromatic rings. The Hall–Kier alpha value is -1.98. The number of aromatic nitrogens is 1. The molecule has 0 fully saturated rings. The van der Waals surface area contributed by atoms with E-state index in [1.165, 1.54) is 6.07 Å². The van der Waals surface area contributed by atoms with E-state index in [-0.39, 0.29) is 18.3 Å². The summed E-state index contributed by atoms with van der Waals surface area (Å²) in [4.78, 5) is 4.03. The monoisotopic (exact) mass is 275 g/mol. The number of nitrogens with two attached hydrogens (primary N) is 2. The topological polar surface area (TPSA) is 85.2 Å². The Morgan fingerprint density at radius 3 is 2.75 bits per heavy atom. The zero-order valence-corrected chi connectivity index (χ0v) is 11.1. The van der Waals surface area contributed by atoms with Gasteiger partial charge < -0.3 is 16.6 Å². The van der Waals surface area contributed by atoms with Crippen molar-refractivity contribution >= 4 is 5.69 Å². The lowest BCUT2D eigenvalue weighted by Crippen LogP contribution is -2.20. The smallest absolute Gasteiger partial charge is 0.126 e. The summed E-state index contributed by atoms with van der Waals surface area (Å²) in [6, 6.07) is 6.51. The van der Waals surface area contributed by atoms with E-state index in [4.69, 9.17) is 11.5 Å². The van der Waals surface area contributed by atoms with Crippen LogP contribution in [-0.2, 0) is 6.42 Å². The first-order valence-corrected chi connectivity index (χ1v) is 6.45. The summed E-state index contributed by atoms with van der Waals surface area (Å²) < 4.78 is 13.8. The fourth-order valence-corrected chi connectivity index (χ4v) is 2.08. The molecule has 0 saturated heterocycles. The van der Waals surface area contributed by atoms with Gasteiger partial charge in [-0.15, -0.1) is 0 Å². The minimum absolute atomic E-state index is 0.0603. The van der Waals surface area contributed by atoms with Crippen molar-refractivity contribution in [2.75, 3.05) is 18.9 Å². The maximum absolute atomic E-state index is 13.8. The molecular weight excluding hydrogens is 257 g/mol. The van der Waals surface area contributed by atoms with Crippen LogP contribution in [0.3, 0.4) is 0 Å². The van der Waals surface area contributed by atoms with Gasteiger partial charge in [0.15, 0.2) is 0 Å². The Morgan fingerprint density at radius 1 is 1.30 bits per heavy atom. The SMILES string of the molecule is NCC(CO)Cc1cc(-c2cnccc2N)ccc1F. The Labute approximate surface area is 117 Å². The summed E-state index contributed by atoms with van der Waals surface area (Å²) in [7, 11) is 0. The first-order chi connectivity index (χ1) is 9.65. The van der Waals surface area contributed by atoms with Crippen molar-refractivity contribution in [1.29, 1.82) is 0 Å². The van der Waals surface area contributed by atoms with Crippen molar-refractivity contribution in [3.8, 4) is 11.1 Å². The van der Waals surface area contributed by atoms with Crippen LogP contribution in [-0.4, -0.2) is 23.2 Å². The molecule has 0 aliphatic heterocycles. The number of rotatable bonds is 5. The van der Waals surface area contributed by atoms with E-state index in [0.717, 1.165) is 11.1 Å². The van der Waals surface area contributed by atoms with Gasteiger partial charge in [-0.2, -0.15) is 0 Å². The van der Waals surface area contributed by atoms with Crippen LogP contribution in [0.15, 0.2) is 36.7 Å². The van der Waals surface area contributed by atoms with E-state index in [9.17, 15) is 9.50 Å². The first-order valence-electron chi connectivity index (χ1n) is 6.45. The number of aliphatic hydroxyl groups excluding tert-OH is 1.